The molecular weight excluding hydrogens is 446 g/mol. The molecule has 0 aliphatic heterocycles. The first-order valence-electron chi connectivity index (χ1n) is 9.67. The van der Waals surface area contributed by atoms with Crippen LogP contribution in [0.2, 0.25) is 0 Å². The molecule has 0 N–H and O–H groups in total. The smallest absolute Gasteiger partial charge is 0.298 e. The highest BCUT2D eigenvalue weighted by molar-refractivity contribution is 7.91. The quantitative estimate of drug-likeness (QED) is 0.365. The van der Waals surface area contributed by atoms with Gasteiger partial charge in [0.15, 0.2) is 0 Å². The molecule has 0 aliphatic rings. The van der Waals surface area contributed by atoms with Gasteiger partial charge in [-0.2, -0.15) is 0 Å². The van der Waals surface area contributed by atoms with Crippen molar-refractivity contribution in [1.82, 2.24) is 15.0 Å². The Morgan fingerprint density at radius 1 is 0.909 bits per heavy atom. The van der Waals surface area contributed by atoms with Crippen molar-refractivity contribution in [3.8, 4) is 34.2 Å². The summed E-state index contributed by atoms with van der Waals surface area (Å²) in [6.45, 7) is 0.277. The van der Waals surface area contributed by atoms with E-state index >= 15 is 0 Å². The van der Waals surface area contributed by atoms with E-state index in [4.69, 9.17) is 14.2 Å². The lowest BCUT2D eigenvalue weighted by molar-refractivity contribution is -0.120. The Bertz CT molecular complexity index is 1400. The highest BCUT2D eigenvalue weighted by Crippen LogP contribution is 2.32. The van der Waals surface area contributed by atoms with E-state index in [0.717, 1.165) is 0 Å². The molecule has 1 aromatic heterocycles. The average Bonchev–Trinajstić information content (AvgIpc) is 3.34. The van der Waals surface area contributed by atoms with E-state index < -0.39 is 9.84 Å². The molecule has 168 valence electrons. The van der Waals surface area contributed by atoms with Crippen molar-refractivity contribution in [1.29, 1.82) is 0 Å². The molecule has 33 heavy (non-hydrogen) atoms. The number of benzene rings is 3. The fourth-order valence-electron chi connectivity index (χ4n) is 3.27. The van der Waals surface area contributed by atoms with E-state index in [2.05, 4.69) is 10.3 Å². The average molecular weight is 465 g/mol. The molecular formula is C23H19N3O6S. The fourth-order valence-corrected chi connectivity index (χ4v) is 4.74. The molecule has 0 atom stereocenters. The van der Waals surface area contributed by atoms with Gasteiger partial charge in [-0.05, 0) is 42.5 Å². The predicted octanol–water partition coefficient (Wildman–Crippen LogP) is 3.32. The van der Waals surface area contributed by atoms with Crippen LogP contribution in [0.4, 0.5) is 0 Å². The Hall–Kier alpha value is -4.18. The van der Waals surface area contributed by atoms with Crippen molar-refractivity contribution in [3.05, 3.63) is 72.9 Å². The minimum absolute atomic E-state index is 0.0510. The highest BCUT2D eigenvalue weighted by Gasteiger charge is 2.23. The molecule has 4 rings (SSSR count). The number of nitrogens with zero attached hydrogens (tertiary/aromatic N) is 3. The van der Waals surface area contributed by atoms with Crippen molar-refractivity contribution >= 4 is 16.3 Å². The van der Waals surface area contributed by atoms with Gasteiger partial charge in [0, 0.05) is 11.6 Å². The maximum absolute atomic E-state index is 13.4. The van der Waals surface area contributed by atoms with Gasteiger partial charge in [0.05, 0.1) is 30.2 Å². The minimum Gasteiger partial charge on any atom is -0.497 e. The Morgan fingerprint density at radius 2 is 1.64 bits per heavy atom. The van der Waals surface area contributed by atoms with Crippen LogP contribution in [0, 0.1) is 0 Å². The van der Waals surface area contributed by atoms with Gasteiger partial charge < -0.3 is 14.2 Å². The number of methoxy groups -OCH3 is 2. The van der Waals surface area contributed by atoms with Crippen molar-refractivity contribution in [3.63, 3.8) is 0 Å². The van der Waals surface area contributed by atoms with Crippen LogP contribution in [0.15, 0.2) is 82.7 Å². The summed E-state index contributed by atoms with van der Waals surface area (Å²) in [5.41, 5.74) is 1.33. The monoisotopic (exact) mass is 465 g/mol. The summed E-state index contributed by atoms with van der Waals surface area (Å²) in [6, 6.07) is 17.3. The second-order valence-corrected chi connectivity index (χ2v) is 8.69. The molecule has 0 spiro atoms. The van der Waals surface area contributed by atoms with Crippen LogP contribution < -0.4 is 14.2 Å². The minimum atomic E-state index is -3.89. The Morgan fingerprint density at radius 3 is 2.33 bits per heavy atom. The van der Waals surface area contributed by atoms with Crippen molar-refractivity contribution in [2.45, 2.75) is 9.79 Å². The van der Waals surface area contributed by atoms with Gasteiger partial charge in [0.1, 0.15) is 28.6 Å². The molecule has 0 aliphatic carbocycles. The van der Waals surface area contributed by atoms with E-state index in [0.29, 0.717) is 28.4 Å². The molecule has 0 fully saturated rings. The molecule has 0 saturated carbocycles. The maximum Gasteiger partial charge on any atom is 0.298 e. The van der Waals surface area contributed by atoms with Gasteiger partial charge in [-0.25, -0.2) is 13.1 Å². The molecule has 0 amide bonds. The van der Waals surface area contributed by atoms with Crippen molar-refractivity contribution in [2.75, 3.05) is 14.2 Å². The summed E-state index contributed by atoms with van der Waals surface area (Å²) in [6.07, 6.45) is 1.62. The first-order chi connectivity index (χ1) is 16.0. The zero-order valence-electron chi connectivity index (χ0n) is 17.7. The number of aromatic nitrogens is 3. The van der Waals surface area contributed by atoms with Crippen LogP contribution in [-0.2, 0) is 14.6 Å². The number of hydrogen-bond donors (Lipinski definition) is 0. The summed E-state index contributed by atoms with van der Waals surface area (Å²) >= 11 is 0. The highest BCUT2D eigenvalue weighted by atomic mass is 32.2. The van der Waals surface area contributed by atoms with E-state index in [1.54, 1.807) is 49.7 Å². The molecule has 0 radical (unpaired) electrons. The third-order valence-electron chi connectivity index (χ3n) is 4.90. The fraction of sp³-hybridized carbons (Fsp3) is 0.0870. The molecule has 10 heteroatoms. The number of carbonyl (C=O) groups is 1. The number of sulfone groups is 1. The van der Waals surface area contributed by atoms with Crippen molar-refractivity contribution in [2.24, 2.45) is 0 Å². The van der Waals surface area contributed by atoms with E-state index in [1.165, 1.54) is 42.1 Å². The lowest BCUT2D eigenvalue weighted by Crippen LogP contribution is -2.04. The summed E-state index contributed by atoms with van der Waals surface area (Å²) in [7, 11) is -0.803. The number of carbonyl (C=O) groups excluding carboxylic acids is 1. The summed E-state index contributed by atoms with van der Waals surface area (Å²) < 4.78 is 43.6. The van der Waals surface area contributed by atoms with Crippen molar-refractivity contribution < 1.29 is 27.4 Å². The normalized spacial score (nSPS) is 11.1. The maximum atomic E-state index is 13.4. The Balaban J connectivity index is 1.76. The zero-order valence-corrected chi connectivity index (χ0v) is 18.5. The Labute approximate surface area is 190 Å². The summed E-state index contributed by atoms with van der Waals surface area (Å²) in [5, 5.41) is 8.35. The third-order valence-corrected chi connectivity index (χ3v) is 6.72. The first kappa shape index (κ1) is 22.0. The van der Waals surface area contributed by atoms with Crippen LogP contribution >= 0.6 is 0 Å². The van der Waals surface area contributed by atoms with Crippen LogP contribution in [0.3, 0.4) is 0 Å². The zero-order chi connectivity index (χ0) is 23.4. The molecule has 0 saturated heterocycles. The SMILES string of the molecule is COc1ccc(OC)c(-n2cc(-c3ccccc3S(=O)(=O)c3ccc(OC=O)cc3)nn2)c1. The third kappa shape index (κ3) is 4.28. The van der Waals surface area contributed by atoms with Gasteiger partial charge in [0.25, 0.3) is 6.47 Å². The van der Waals surface area contributed by atoms with Crippen LogP contribution in [-0.4, -0.2) is 44.1 Å². The molecule has 0 unspecified atom stereocenters. The standard InChI is InChI=1S/C23H19N3O6S/c1-30-17-9-12-22(31-2)21(13-17)26-14-20(24-25-26)19-5-3-4-6-23(19)33(28,29)18-10-7-16(8-11-18)32-15-27/h3-15H,1-2H3. The van der Waals surface area contributed by atoms with Gasteiger partial charge in [-0.3, -0.25) is 4.79 Å². The van der Waals surface area contributed by atoms with E-state index in [-0.39, 0.29) is 22.0 Å². The number of ether oxygens (including phenoxy) is 3. The molecule has 4 aromatic rings. The van der Waals surface area contributed by atoms with Crippen LogP contribution in [0.25, 0.3) is 16.9 Å². The number of rotatable bonds is 8. The topological polar surface area (TPSA) is 110 Å². The lowest BCUT2D eigenvalue weighted by atomic mass is 10.2. The first-order valence-corrected chi connectivity index (χ1v) is 11.2. The van der Waals surface area contributed by atoms with Gasteiger partial charge in [-0.15, -0.1) is 5.10 Å². The Kier molecular flexibility index (Phi) is 6.09. The largest absolute Gasteiger partial charge is 0.497 e. The second kappa shape index (κ2) is 9.13. The van der Waals surface area contributed by atoms with E-state index in [1.807, 2.05) is 0 Å². The molecule has 9 nitrogen and oxygen atoms in total. The van der Waals surface area contributed by atoms with Crippen LogP contribution in [0.1, 0.15) is 0 Å². The summed E-state index contributed by atoms with van der Waals surface area (Å²) in [4.78, 5) is 10.6. The molecule has 3 aromatic carbocycles. The predicted molar refractivity (Wildman–Crippen MR) is 118 cm³/mol. The molecule has 1 heterocycles. The number of hydrogen-bond acceptors (Lipinski definition) is 8. The van der Waals surface area contributed by atoms with Crippen LogP contribution in [0.5, 0.6) is 17.2 Å². The summed E-state index contributed by atoms with van der Waals surface area (Å²) in [5.74, 6) is 1.39. The molecule has 0 bridgehead atoms. The van der Waals surface area contributed by atoms with Gasteiger partial charge >= 0.3 is 0 Å². The van der Waals surface area contributed by atoms with Gasteiger partial charge in [0.2, 0.25) is 9.84 Å². The van der Waals surface area contributed by atoms with E-state index in [9.17, 15) is 13.2 Å². The second-order valence-electron chi connectivity index (χ2n) is 6.77. The lowest BCUT2D eigenvalue weighted by Gasteiger charge is -2.10. The van der Waals surface area contributed by atoms with Gasteiger partial charge in [-0.1, -0.05) is 23.4 Å².